The molecule has 3 rings (SSSR count). The molecule has 2 heterocycles. The molecular weight excluding hydrogens is 366 g/mol. The molecule has 19 heavy (non-hydrogen) atoms. The smallest absolute Gasteiger partial charge is 0.210 e. The van der Waals surface area contributed by atoms with Gasteiger partial charge in [-0.05, 0) is 51.6 Å². The van der Waals surface area contributed by atoms with E-state index < -0.39 is 0 Å². The van der Waals surface area contributed by atoms with Gasteiger partial charge in [0.1, 0.15) is 0 Å². The Balaban J connectivity index is 1.82. The second kappa shape index (κ2) is 5.58. The number of rotatable bonds is 3. The van der Waals surface area contributed by atoms with Gasteiger partial charge < -0.3 is 5.32 Å². The summed E-state index contributed by atoms with van der Waals surface area (Å²) >= 11 is 12.5. The van der Waals surface area contributed by atoms with Crippen molar-refractivity contribution >= 4 is 61.0 Å². The van der Waals surface area contributed by atoms with Gasteiger partial charge in [-0.15, -0.1) is 21.5 Å². The fraction of sp³-hybridized carbons (Fsp3) is 0. The molecule has 3 aromatic rings. The van der Waals surface area contributed by atoms with Gasteiger partial charge in [-0.1, -0.05) is 22.9 Å². The lowest BCUT2D eigenvalue weighted by Gasteiger charge is -2.00. The van der Waals surface area contributed by atoms with E-state index in [4.69, 9.17) is 11.6 Å². The first kappa shape index (κ1) is 13.1. The molecule has 0 bridgehead atoms. The van der Waals surface area contributed by atoms with E-state index in [1.54, 1.807) is 11.3 Å². The molecule has 96 valence electrons. The van der Waals surface area contributed by atoms with Crippen LogP contribution in [-0.2, 0) is 0 Å². The van der Waals surface area contributed by atoms with Crippen LogP contribution in [0.4, 0.5) is 10.8 Å². The van der Waals surface area contributed by atoms with E-state index in [9.17, 15) is 0 Å². The minimum atomic E-state index is 0.714. The average molecular weight is 373 g/mol. The summed E-state index contributed by atoms with van der Waals surface area (Å²) < 4.78 is 1.05. The molecule has 1 aromatic carbocycles. The van der Waals surface area contributed by atoms with E-state index in [0.717, 1.165) is 25.2 Å². The molecule has 7 heteroatoms. The van der Waals surface area contributed by atoms with Crippen molar-refractivity contribution in [1.82, 2.24) is 10.2 Å². The minimum absolute atomic E-state index is 0.714. The van der Waals surface area contributed by atoms with E-state index in [-0.39, 0.29) is 0 Å². The number of nitrogens with zero attached hydrogens (tertiary/aromatic N) is 2. The quantitative estimate of drug-likeness (QED) is 0.666. The summed E-state index contributed by atoms with van der Waals surface area (Å²) in [5.74, 6) is 0. The number of benzene rings is 1. The highest BCUT2D eigenvalue weighted by Crippen LogP contribution is 2.36. The highest BCUT2D eigenvalue weighted by atomic mass is 79.9. The monoisotopic (exact) mass is 371 g/mol. The Morgan fingerprint density at radius 2 is 1.89 bits per heavy atom. The molecular formula is C12H7BrClN3S2. The minimum Gasteiger partial charge on any atom is -0.330 e. The van der Waals surface area contributed by atoms with Crippen LogP contribution in [0.5, 0.6) is 0 Å². The van der Waals surface area contributed by atoms with Crippen molar-refractivity contribution in [1.29, 1.82) is 0 Å². The SMILES string of the molecule is Clc1ccc(Nc2nnc(-c3sccc3Br)s2)cc1. The summed E-state index contributed by atoms with van der Waals surface area (Å²) in [6, 6.07) is 9.49. The van der Waals surface area contributed by atoms with Crippen LogP contribution in [0.25, 0.3) is 9.88 Å². The zero-order valence-corrected chi connectivity index (χ0v) is 13.4. The summed E-state index contributed by atoms with van der Waals surface area (Å²) in [6.45, 7) is 0. The van der Waals surface area contributed by atoms with Crippen LogP contribution in [-0.4, -0.2) is 10.2 Å². The molecule has 2 aromatic heterocycles. The molecule has 0 amide bonds. The summed E-state index contributed by atoms with van der Waals surface area (Å²) in [5.41, 5.74) is 0.942. The summed E-state index contributed by atoms with van der Waals surface area (Å²) in [6.07, 6.45) is 0. The Morgan fingerprint density at radius 1 is 1.11 bits per heavy atom. The van der Waals surface area contributed by atoms with Crippen LogP contribution in [0, 0.1) is 0 Å². The maximum atomic E-state index is 5.85. The van der Waals surface area contributed by atoms with Crippen LogP contribution in [0.1, 0.15) is 0 Å². The number of aromatic nitrogens is 2. The Kier molecular flexibility index (Phi) is 3.83. The third kappa shape index (κ3) is 2.97. The lowest BCUT2D eigenvalue weighted by molar-refractivity contribution is 1.10. The number of anilines is 2. The first-order chi connectivity index (χ1) is 9.22. The van der Waals surface area contributed by atoms with Gasteiger partial charge in [0, 0.05) is 15.2 Å². The molecule has 0 spiro atoms. The zero-order valence-electron chi connectivity index (χ0n) is 9.43. The number of hydrogen-bond donors (Lipinski definition) is 1. The van der Waals surface area contributed by atoms with Gasteiger partial charge in [0.2, 0.25) is 5.13 Å². The first-order valence-corrected chi connectivity index (χ1v) is 8.18. The highest BCUT2D eigenvalue weighted by molar-refractivity contribution is 9.10. The number of halogens is 2. The third-order valence-electron chi connectivity index (χ3n) is 2.33. The molecule has 0 atom stereocenters. The summed E-state index contributed by atoms with van der Waals surface area (Å²) in [4.78, 5) is 1.10. The van der Waals surface area contributed by atoms with Crippen molar-refractivity contribution in [2.45, 2.75) is 0 Å². The van der Waals surface area contributed by atoms with Crippen LogP contribution in [0.3, 0.4) is 0 Å². The molecule has 0 saturated heterocycles. The highest BCUT2D eigenvalue weighted by Gasteiger charge is 2.11. The molecule has 0 aliphatic heterocycles. The maximum Gasteiger partial charge on any atom is 0.210 e. The topological polar surface area (TPSA) is 37.8 Å². The maximum absolute atomic E-state index is 5.85. The van der Waals surface area contributed by atoms with Gasteiger partial charge in [0.15, 0.2) is 5.01 Å². The average Bonchev–Trinajstić information content (AvgIpc) is 3.01. The predicted molar refractivity (Wildman–Crippen MR) is 85.7 cm³/mol. The molecule has 0 aliphatic carbocycles. The number of hydrogen-bond acceptors (Lipinski definition) is 5. The van der Waals surface area contributed by atoms with Crippen molar-refractivity contribution < 1.29 is 0 Å². The van der Waals surface area contributed by atoms with Gasteiger partial charge in [0.25, 0.3) is 0 Å². The Morgan fingerprint density at radius 3 is 2.58 bits per heavy atom. The van der Waals surface area contributed by atoms with Gasteiger partial charge in [0.05, 0.1) is 4.88 Å². The molecule has 0 aliphatic rings. The van der Waals surface area contributed by atoms with Gasteiger partial charge in [-0.2, -0.15) is 0 Å². The van der Waals surface area contributed by atoms with Gasteiger partial charge >= 0.3 is 0 Å². The van der Waals surface area contributed by atoms with E-state index >= 15 is 0 Å². The van der Waals surface area contributed by atoms with Crippen LogP contribution in [0.15, 0.2) is 40.2 Å². The molecule has 0 radical (unpaired) electrons. The van der Waals surface area contributed by atoms with E-state index in [0.29, 0.717) is 5.02 Å². The van der Waals surface area contributed by atoms with Crippen molar-refractivity contribution in [3.8, 4) is 9.88 Å². The predicted octanol–water partition coefficient (Wildman–Crippen LogP) is 5.43. The molecule has 1 N–H and O–H groups in total. The number of thiophene rings is 1. The van der Waals surface area contributed by atoms with Gasteiger partial charge in [-0.25, -0.2) is 0 Å². The van der Waals surface area contributed by atoms with E-state index in [1.165, 1.54) is 11.3 Å². The largest absolute Gasteiger partial charge is 0.330 e. The Bertz CT molecular complexity index is 693. The lowest BCUT2D eigenvalue weighted by Crippen LogP contribution is -1.88. The third-order valence-corrected chi connectivity index (χ3v) is 5.41. The summed E-state index contributed by atoms with van der Waals surface area (Å²) in [7, 11) is 0. The van der Waals surface area contributed by atoms with Crippen molar-refractivity contribution in [3.63, 3.8) is 0 Å². The van der Waals surface area contributed by atoms with Crippen molar-refractivity contribution in [2.24, 2.45) is 0 Å². The second-order valence-corrected chi connectivity index (χ2v) is 6.83. The van der Waals surface area contributed by atoms with Gasteiger partial charge in [-0.3, -0.25) is 0 Å². The lowest BCUT2D eigenvalue weighted by atomic mass is 10.3. The fourth-order valence-corrected chi connectivity index (χ4v) is 4.15. The zero-order chi connectivity index (χ0) is 13.2. The van der Waals surface area contributed by atoms with E-state index in [1.807, 2.05) is 35.7 Å². The van der Waals surface area contributed by atoms with Crippen LogP contribution < -0.4 is 5.32 Å². The van der Waals surface area contributed by atoms with Crippen LogP contribution in [0.2, 0.25) is 5.02 Å². The molecule has 0 saturated carbocycles. The Hall–Kier alpha value is -0.950. The molecule has 3 nitrogen and oxygen atoms in total. The molecule has 0 unspecified atom stereocenters. The van der Waals surface area contributed by atoms with Crippen LogP contribution >= 0.6 is 50.2 Å². The normalized spacial score (nSPS) is 10.6. The summed E-state index contributed by atoms with van der Waals surface area (Å²) in [5, 5.41) is 15.9. The second-order valence-electron chi connectivity index (χ2n) is 3.64. The fourth-order valence-electron chi connectivity index (χ4n) is 1.47. The van der Waals surface area contributed by atoms with Crippen molar-refractivity contribution in [2.75, 3.05) is 5.32 Å². The first-order valence-electron chi connectivity index (χ1n) is 5.32. The Labute approximate surface area is 131 Å². The number of nitrogens with one attached hydrogen (secondary N) is 1. The van der Waals surface area contributed by atoms with E-state index in [2.05, 4.69) is 31.4 Å². The molecule has 0 fully saturated rings. The standard InChI is InChI=1S/C12H7BrClN3S2/c13-9-5-6-18-10(9)11-16-17-12(19-11)15-8-3-1-7(14)2-4-8/h1-6H,(H,15,17). The van der Waals surface area contributed by atoms with Crippen molar-refractivity contribution in [3.05, 3.63) is 45.2 Å².